The SMILES string of the molecule is COc1cccc(/C=C2\SC(=S)N(CCCC(=O)Nc3ccc(C)cc3)C2=O)c1. The standard InChI is InChI=1S/C22H22N2O3S2/c1-15-8-10-17(11-9-15)23-20(25)7-4-12-24-21(26)19(29-22(24)28)14-16-5-3-6-18(13-16)27-2/h3,5-6,8-11,13-14H,4,7,12H2,1-2H3,(H,23,25)/b19-14-. The third-order valence-corrected chi connectivity index (χ3v) is 5.76. The third-order valence-electron chi connectivity index (χ3n) is 4.39. The molecular weight excluding hydrogens is 404 g/mol. The maximum absolute atomic E-state index is 12.7. The molecule has 5 nitrogen and oxygen atoms in total. The van der Waals surface area contributed by atoms with Crippen LogP contribution < -0.4 is 10.1 Å². The third kappa shape index (κ3) is 5.68. The molecule has 2 amide bonds. The molecule has 1 fully saturated rings. The zero-order chi connectivity index (χ0) is 20.8. The van der Waals surface area contributed by atoms with Crippen LogP contribution in [0.25, 0.3) is 6.08 Å². The van der Waals surface area contributed by atoms with Crippen molar-refractivity contribution in [1.82, 2.24) is 4.90 Å². The molecule has 2 aromatic rings. The van der Waals surface area contributed by atoms with Gasteiger partial charge in [0.05, 0.1) is 12.0 Å². The summed E-state index contributed by atoms with van der Waals surface area (Å²) in [7, 11) is 1.60. The number of anilines is 1. The molecule has 150 valence electrons. The topological polar surface area (TPSA) is 58.6 Å². The Morgan fingerprint density at radius 1 is 1.24 bits per heavy atom. The average Bonchev–Trinajstić information content (AvgIpc) is 2.97. The van der Waals surface area contributed by atoms with Gasteiger partial charge in [-0.2, -0.15) is 0 Å². The van der Waals surface area contributed by atoms with E-state index < -0.39 is 0 Å². The molecule has 0 atom stereocenters. The molecule has 0 spiro atoms. The summed E-state index contributed by atoms with van der Waals surface area (Å²) in [5, 5.41) is 2.87. The largest absolute Gasteiger partial charge is 0.497 e. The highest BCUT2D eigenvalue weighted by Crippen LogP contribution is 2.33. The van der Waals surface area contributed by atoms with Crippen LogP contribution in [0, 0.1) is 6.92 Å². The molecule has 1 N–H and O–H groups in total. The van der Waals surface area contributed by atoms with E-state index >= 15 is 0 Å². The normalized spacial score (nSPS) is 15.1. The van der Waals surface area contributed by atoms with Crippen LogP contribution in [0.1, 0.15) is 24.0 Å². The van der Waals surface area contributed by atoms with E-state index in [0.717, 1.165) is 22.6 Å². The lowest BCUT2D eigenvalue weighted by Gasteiger charge is -2.14. The van der Waals surface area contributed by atoms with Crippen molar-refractivity contribution in [3.05, 3.63) is 64.6 Å². The first kappa shape index (κ1) is 21.1. The number of amides is 2. The van der Waals surface area contributed by atoms with Crippen molar-refractivity contribution in [1.29, 1.82) is 0 Å². The molecule has 0 aliphatic carbocycles. The number of ether oxygens (including phenoxy) is 1. The summed E-state index contributed by atoms with van der Waals surface area (Å²) in [6, 6.07) is 15.1. The first-order valence-corrected chi connectivity index (χ1v) is 10.4. The molecule has 1 aliphatic heterocycles. The van der Waals surface area contributed by atoms with Gasteiger partial charge < -0.3 is 10.1 Å². The van der Waals surface area contributed by atoms with E-state index in [2.05, 4.69) is 5.32 Å². The van der Waals surface area contributed by atoms with Gasteiger partial charge in [-0.3, -0.25) is 14.5 Å². The summed E-state index contributed by atoms with van der Waals surface area (Å²) in [4.78, 5) is 27.0. The maximum atomic E-state index is 12.7. The fraction of sp³-hybridized carbons (Fsp3) is 0.227. The smallest absolute Gasteiger partial charge is 0.266 e. The quantitative estimate of drug-likeness (QED) is 0.517. The van der Waals surface area contributed by atoms with E-state index in [1.165, 1.54) is 11.8 Å². The minimum atomic E-state index is -0.123. The predicted octanol–water partition coefficient (Wildman–Crippen LogP) is 4.62. The van der Waals surface area contributed by atoms with Gasteiger partial charge in [-0.15, -0.1) is 0 Å². The van der Waals surface area contributed by atoms with Crippen molar-refractivity contribution in [3.63, 3.8) is 0 Å². The van der Waals surface area contributed by atoms with Crippen molar-refractivity contribution >= 4 is 51.9 Å². The molecule has 2 aromatic carbocycles. The highest BCUT2D eigenvalue weighted by atomic mass is 32.2. The Bertz CT molecular complexity index is 955. The van der Waals surface area contributed by atoms with E-state index in [1.54, 1.807) is 12.0 Å². The number of thiocarbonyl (C=S) groups is 1. The van der Waals surface area contributed by atoms with Crippen LogP contribution in [0.4, 0.5) is 5.69 Å². The van der Waals surface area contributed by atoms with Gasteiger partial charge in [-0.1, -0.05) is 53.8 Å². The van der Waals surface area contributed by atoms with Crippen molar-refractivity contribution in [3.8, 4) is 5.75 Å². The van der Waals surface area contributed by atoms with E-state index in [1.807, 2.05) is 61.5 Å². The zero-order valence-electron chi connectivity index (χ0n) is 16.3. The molecule has 0 aromatic heterocycles. The molecule has 0 saturated carbocycles. The summed E-state index contributed by atoms with van der Waals surface area (Å²) < 4.78 is 5.73. The highest BCUT2D eigenvalue weighted by molar-refractivity contribution is 8.26. The first-order chi connectivity index (χ1) is 14.0. The molecule has 0 radical (unpaired) electrons. The van der Waals surface area contributed by atoms with Crippen LogP contribution in [0.3, 0.4) is 0 Å². The summed E-state index contributed by atoms with van der Waals surface area (Å²) in [5.41, 5.74) is 2.79. The number of carbonyl (C=O) groups is 2. The minimum Gasteiger partial charge on any atom is -0.497 e. The van der Waals surface area contributed by atoms with Crippen LogP contribution in [0.5, 0.6) is 5.75 Å². The minimum absolute atomic E-state index is 0.0776. The van der Waals surface area contributed by atoms with Gasteiger partial charge in [-0.05, 0) is 49.2 Å². The molecular formula is C22H22N2O3S2. The van der Waals surface area contributed by atoms with E-state index in [9.17, 15) is 9.59 Å². The lowest BCUT2D eigenvalue weighted by atomic mass is 10.2. The van der Waals surface area contributed by atoms with Crippen molar-refractivity contribution < 1.29 is 14.3 Å². The van der Waals surface area contributed by atoms with Crippen molar-refractivity contribution in [2.75, 3.05) is 19.0 Å². The molecule has 0 unspecified atom stereocenters. The Hall–Kier alpha value is -2.64. The summed E-state index contributed by atoms with van der Waals surface area (Å²) in [5.74, 6) is 0.529. The Morgan fingerprint density at radius 3 is 2.72 bits per heavy atom. The van der Waals surface area contributed by atoms with Crippen molar-refractivity contribution in [2.45, 2.75) is 19.8 Å². The fourth-order valence-electron chi connectivity index (χ4n) is 2.83. The molecule has 1 aliphatic rings. The molecule has 1 heterocycles. The van der Waals surface area contributed by atoms with Crippen LogP contribution in [-0.2, 0) is 9.59 Å². The lowest BCUT2D eigenvalue weighted by Crippen LogP contribution is -2.29. The Labute approximate surface area is 180 Å². The number of aryl methyl sites for hydroxylation is 1. The number of nitrogens with zero attached hydrogens (tertiary/aromatic N) is 1. The Kier molecular flexibility index (Phi) is 7.06. The summed E-state index contributed by atoms with van der Waals surface area (Å²) >= 11 is 6.64. The van der Waals surface area contributed by atoms with E-state index in [0.29, 0.717) is 28.6 Å². The van der Waals surface area contributed by atoms with Crippen LogP contribution >= 0.6 is 24.0 Å². The van der Waals surface area contributed by atoms with Crippen LogP contribution in [0.2, 0.25) is 0 Å². The van der Waals surface area contributed by atoms with Crippen LogP contribution in [-0.4, -0.2) is 34.7 Å². The second-order valence-corrected chi connectivity index (χ2v) is 8.30. The zero-order valence-corrected chi connectivity index (χ0v) is 17.9. The van der Waals surface area contributed by atoms with Crippen molar-refractivity contribution in [2.24, 2.45) is 0 Å². The summed E-state index contributed by atoms with van der Waals surface area (Å²) in [6.45, 7) is 2.41. The highest BCUT2D eigenvalue weighted by Gasteiger charge is 2.31. The molecule has 3 rings (SSSR count). The first-order valence-electron chi connectivity index (χ1n) is 9.22. The second kappa shape index (κ2) is 9.71. The number of methoxy groups -OCH3 is 1. The summed E-state index contributed by atoms with van der Waals surface area (Å²) in [6.07, 6.45) is 2.67. The second-order valence-electron chi connectivity index (χ2n) is 6.63. The molecule has 7 heteroatoms. The van der Waals surface area contributed by atoms with Gasteiger partial charge in [0, 0.05) is 18.7 Å². The predicted molar refractivity (Wildman–Crippen MR) is 122 cm³/mol. The van der Waals surface area contributed by atoms with Gasteiger partial charge in [0.1, 0.15) is 10.1 Å². The number of nitrogens with one attached hydrogen (secondary N) is 1. The molecule has 1 saturated heterocycles. The van der Waals surface area contributed by atoms with E-state index in [4.69, 9.17) is 17.0 Å². The van der Waals surface area contributed by atoms with Gasteiger partial charge >= 0.3 is 0 Å². The maximum Gasteiger partial charge on any atom is 0.266 e. The molecule has 0 bridgehead atoms. The van der Waals surface area contributed by atoms with E-state index in [-0.39, 0.29) is 11.8 Å². The number of rotatable bonds is 7. The number of benzene rings is 2. The van der Waals surface area contributed by atoms with Gasteiger partial charge in [0.2, 0.25) is 5.91 Å². The Balaban J connectivity index is 1.54. The monoisotopic (exact) mass is 426 g/mol. The molecule has 29 heavy (non-hydrogen) atoms. The number of thioether (sulfide) groups is 1. The average molecular weight is 427 g/mol. The lowest BCUT2D eigenvalue weighted by molar-refractivity contribution is -0.122. The fourth-order valence-corrected chi connectivity index (χ4v) is 4.14. The van der Waals surface area contributed by atoms with Gasteiger partial charge in [0.15, 0.2) is 0 Å². The van der Waals surface area contributed by atoms with Gasteiger partial charge in [0.25, 0.3) is 5.91 Å². The number of hydrogen-bond acceptors (Lipinski definition) is 5. The number of carbonyl (C=O) groups excluding carboxylic acids is 2. The van der Waals surface area contributed by atoms with Gasteiger partial charge in [-0.25, -0.2) is 0 Å². The number of hydrogen-bond donors (Lipinski definition) is 1. The Morgan fingerprint density at radius 2 is 2.00 bits per heavy atom. The van der Waals surface area contributed by atoms with Crippen LogP contribution in [0.15, 0.2) is 53.4 Å².